The van der Waals surface area contributed by atoms with E-state index >= 15 is 0 Å². The Morgan fingerprint density at radius 1 is 1.47 bits per heavy atom. The highest BCUT2D eigenvalue weighted by molar-refractivity contribution is 5.77. The zero-order valence-corrected chi connectivity index (χ0v) is 10.3. The number of aromatic nitrogens is 2. The minimum absolute atomic E-state index is 0.185. The summed E-state index contributed by atoms with van der Waals surface area (Å²) < 4.78 is 7.52. The lowest BCUT2D eigenvalue weighted by Gasteiger charge is -2.07. The molecule has 4 nitrogen and oxygen atoms in total. The number of benzene rings is 1. The molecule has 0 saturated heterocycles. The van der Waals surface area contributed by atoms with Crippen molar-refractivity contribution in [2.24, 2.45) is 7.05 Å². The third-order valence-corrected chi connectivity index (χ3v) is 2.65. The van der Waals surface area contributed by atoms with E-state index in [-0.39, 0.29) is 6.10 Å². The van der Waals surface area contributed by atoms with E-state index < -0.39 is 0 Å². The molecule has 1 aromatic carbocycles. The molecule has 0 amide bonds. The summed E-state index contributed by atoms with van der Waals surface area (Å²) in [6.07, 6.45) is 0.185. The van der Waals surface area contributed by atoms with Crippen LogP contribution in [0.1, 0.15) is 25.2 Å². The van der Waals surface area contributed by atoms with Gasteiger partial charge in [-0.25, -0.2) is 4.98 Å². The molecule has 0 aliphatic carbocycles. The van der Waals surface area contributed by atoms with Crippen molar-refractivity contribution in [3.05, 3.63) is 29.6 Å². The fourth-order valence-electron chi connectivity index (χ4n) is 1.68. The summed E-state index contributed by atoms with van der Waals surface area (Å²) in [7, 11) is 1.94. The molecule has 4 heteroatoms. The highest BCUT2D eigenvalue weighted by Crippen LogP contribution is 2.17. The molecule has 0 bridgehead atoms. The Balaban J connectivity index is 2.39. The van der Waals surface area contributed by atoms with Crippen molar-refractivity contribution in [3.8, 4) is 6.07 Å². The van der Waals surface area contributed by atoms with Crippen molar-refractivity contribution in [2.45, 2.75) is 26.6 Å². The second kappa shape index (κ2) is 4.56. The van der Waals surface area contributed by atoms with Gasteiger partial charge in [0, 0.05) is 7.05 Å². The molecule has 0 spiro atoms. The number of aryl methyl sites for hydroxylation is 1. The number of ether oxygens (including phenoxy) is 1. The van der Waals surface area contributed by atoms with Crippen LogP contribution in [0.5, 0.6) is 0 Å². The third-order valence-electron chi connectivity index (χ3n) is 2.65. The lowest BCUT2D eigenvalue weighted by Crippen LogP contribution is -2.06. The predicted octanol–water partition coefficient (Wildman–Crippen LogP) is 2.37. The van der Waals surface area contributed by atoms with E-state index in [2.05, 4.69) is 11.1 Å². The van der Waals surface area contributed by atoms with Gasteiger partial charge in [-0.05, 0) is 32.0 Å². The normalized spacial score (nSPS) is 11.0. The van der Waals surface area contributed by atoms with Crippen LogP contribution in [0.15, 0.2) is 18.2 Å². The van der Waals surface area contributed by atoms with E-state index in [9.17, 15) is 0 Å². The summed E-state index contributed by atoms with van der Waals surface area (Å²) in [5.74, 6) is 0.879. The second-order valence-corrected chi connectivity index (χ2v) is 4.26. The fraction of sp³-hybridized carbons (Fsp3) is 0.385. The minimum atomic E-state index is 0.185. The van der Waals surface area contributed by atoms with Crippen molar-refractivity contribution < 1.29 is 4.74 Å². The van der Waals surface area contributed by atoms with Gasteiger partial charge in [0.1, 0.15) is 12.4 Å². The molecule has 0 aliphatic rings. The Labute approximate surface area is 100 Å². The number of nitriles is 1. The number of hydrogen-bond donors (Lipinski definition) is 0. The minimum Gasteiger partial charge on any atom is -0.371 e. The van der Waals surface area contributed by atoms with Crippen LogP contribution in [0.4, 0.5) is 0 Å². The van der Waals surface area contributed by atoms with Crippen LogP contribution in [0.3, 0.4) is 0 Å². The number of nitrogens with zero attached hydrogens (tertiary/aromatic N) is 3. The average molecular weight is 229 g/mol. The third kappa shape index (κ3) is 2.29. The molecule has 1 aromatic heterocycles. The van der Waals surface area contributed by atoms with Crippen LogP contribution in [0.25, 0.3) is 11.0 Å². The van der Waals surface area contributed by atoms with Crippen LogP contribution < -0.4 is 0 Å². The topological polar surface area (TPSA) is 50.8 Å². The van der Waals surface area contributed by atoms with Crippen molar-refractivity contribution >= 4 is 11.0 Å². The van der Waals surface area contributed by atoms with E-state index in [0.717, 1.165) is 16.9 Å². The van der Waals surface area contributed by atoms with Crippen LogP contribution in [0.2, 0.25) is 0 Å². The van der Waals surface area contributed by atoms with Crippen LogP contribution in [-0.4, -0.2) is 15.7 Å². The number of fused-ring (bicyclic) bond motifs is 1. The van der Waals surface area contributed by atoms with Gasteiger partial charge in [0.2, 0.25) is 0 Å². The van der Waals surface area contributed by atoms with Crippen LogP contribution in [0, 0.1) is 11.3 Å². The van der Waals surface area contributed by atoms with Gasteiger partial charge in [0.25, 0.3) is 0 Å². The molecule has 17 heavy (non-hydrogen) atoms. The molecule has 0 saturated carbocycles. The largest absolute Gasteiger partial charge is 0.371 e. The van der Waals surface area contributed by atoms with Gasteiger partial charge < -0.3 is 9.30 Å². The smallest absolute Gasteiger partial charge is 0.135 e. The highest BCUT2D eigenvalue weighted by atomic mass is 16.5. The molecule has 2 aromatic rings. The Morgan fingerprint density at radius 2 is 2.24 bits per heavy atom. The highest BCUT2D eigenvalue weighted by Gasteiger charge is 2.08. The molecule has 0 atom stereocenters. The maximum atomic E-state index is 8.87. The summed E-state index contributed by atoms with van der Waals surface area (Å²) in [4.78, 5) is 4.49. The second-order valence-electron chi connectivity index (χ2n) is 4.26. The standard InChI is InChI=1S/C13H15N3O/c1-9(2)17-8-13-15-11-5-4-10(7-14)6-12(11)16(13)3/h4-6,9H,8H2,1-3H3. The van der Waals surface area contributed by atoms with Gasteiger partial charge in [-0.3, -0.25) is 0 Å². The molecular weight excluding hydrogens is 214 g/mol. The summed E-state index contributed by atoms with van der Waals surface area (Å²) in [5, 5.41) is 8.87. The van der Waals surface area contributed by atoms with Crippen molar-refractivity contribution in [1.82, 2.24) is 9.55 Å². The van der Waals surface area contributed by atoms with E-state index in [1.54, 1.807) is 6.07 Å². The molecule has 0 aliphatic heterocycles. The maximum absolute atomic E-state index is 8.87. The van der Waals surface area contributed by atoms with Gasteiger partial charge in [-0.2, -0.15) is 5.26 Å². The van der Waals surface area contributed by atoms with Gasteiger partial charge >= 0.3 is 0 Å². The first-order valence-electron chi connectivity index (χ1n) is 5.59. The zero-order chi connectivity index (χ0) is 12.4. The molecule has 1 heterocycles. The Bertz CT molecular complexity index is 578. The molecule has 0 N–H and O–H groups in total. The van der Waals surface area contributed by atoms with Crippen molar-refractivity contribution in [2.75, 3.05) is 0 Å². The Morgan fingerprint density at radius 3 is 2.88 bits per heavy atom. The van der Waals surface area contributed by atoms with Crippen LogP contribution in [-0.2, 0) is 18.4 Å². The van der Waals surface area contributed by atoms with E-state index in [4.69, 9.17) is 10.00 Å². The summed E-state index contributed by atoms with van der Waals surface area (Å²) in [5.41, 5.74) is 2.51. The number of rotatable bonds is 3. The Kier molecular flexibility index (Phi) is 3.12. The first-order chi connectivity index (χ1) is 8.11. The van der Waals surface area contributed by atoms with Crippen molar-refractivity contribution in [3.63, 3.8) is 0 Å². The summed E-state index contributed by atoms with van der Waals surface area (Å²) in [6.45, 7) is 4.48. The summed E-state index contributed by atoms with van der Waals surface area (Å²) in [6, 6.07) is 7.63. The quantitative estimate of drug-likeness (QED) is 0.811. The molecule has 88 valence electrons. The SMILES string of the molecule is CC(C)OCc1nc2ccc(C#N)cc2n1C. The predicted molar refractivity (Wildman–Crippen MR) is 65.4 cm³/mol. The average Bonchev–Trinajstić information content (AvgIpc) is 2.63. The zero-order valence-electron chi connectivity index (χ0n) is 10.3. The van der Waals surface area contributed by atoms with Gasteiger partial charge in [-0.15, -0.1) is 0 Å². The Hall–Kier alpha value is -1.86. The van der Waals surface area contributed by atoms with E-state index in [0.29, 0.717) is 12.2 Å². The molecule has 0 fully saturated rings. The first-order valence-corrected chi connectivity index (χ1v) is 5.59. The fourth-order valence-corrected chi connectivity index (χ4v) is 1.68. The lowest BCUT2D eigenvalue weighted by atomic mass is 10.2. The van der Waals surface area contributed by atoms with Crippen molar-refractivity contribution in [1.29, 1.82) is 5.26 Å². The lowest BCUT2D eigenvalue weighted by molar-refractivity contribution is 0.0602. The molecule has 2 rings (SSSR count). The van der Waals surface area contributed by atoms with Crippen LogP contribution >= 0.6 is 0 Å². The maximum Gasteiger partial charge on any atom is 0.135 e. The number of imidazole rings is 1. The van der Waals surface area contributed by atoms with E-state index in [1.807, 2.05) is 37.6 Å². The number of hydrogen-bond acceptors (Lipinski definition) is 3. The molecule has 0 unspecified atom stereocenters. The molecule has 0 radical (unpaired) electrons. The van der Waals surface area contributed by atoms with Gasteiger partial charge in [0.05, 0.1) is 28.8 Å². The van der Waals surface area contributed by atoms with Gasteiger partial charge in [-0.1, -0.05) is 0 Å². The van der Waals surface area contributed by atoms with Gasteiger partial charge in [0.15, 0.2) is 0 Å². The van der Waals surface area contributed by atoms with E-state index in [1.165, 1.54) is 0 Å². The molecular formula is C13H15N3O. The first kappa shape index (κ1) is 11.6. The monoisotopic (exact) mass is 229 g/mol. The summed E-state index contributed by atoms with van der Waals surface area (Å²) >= 11 is 0.